The molecule has 2 atom stereocenters. The lowest BCUT2D eigenvalue weighted by atomic mass is 9.92. The number of hydrogen-bond acceptors (Lipinski definition) is 3. The van der Waals surface area contributed by atoms with Crippen LogP contribution in [0.4, 0.5) is 5.82 Å². The van der Waals surface area contributed by atoms with Gasteiger partial charge in [-0.15, -0.1) is 0 Å². The SMILES string of the molecule is CC1CCCN(c2cc(C(=O)O)c3ccccc3n2)C1C. The number of hydrogen-bond donors (Lipinski definition) is 1. The molecule has 1 aliphatic rings. The quantitative estimate of drug-likeness (QED) is 0.916. The molecule has 0 saturated carbocycles. The number of piperidine rings is 1. The molecule has 0 bridgehead atoms. The molecule has 0 radical (unpaired) electrons. The Bertz CT molecular complexity index is 684. The molecular formula is C17H20N2O2. The largest absolute Gasteiger partial charge is 0.478 e. The van der Waals surface area contributed by atoms with E-state index < -0.39 is 5.97 Å². The first kappa shape index (κ1) is 13.9. The van der Waals surface area contributed by atoms with Crippen molar-refractivity contribution in [3.8, 4) is 0 Å². The normalized spacial score (nSPS) is 22.5. The number of para-hydroxylation sites is 1. The molecule has 21 heavy (non-hydrogen) atoms. The smallest absolute Gasteiger partial charge is 0.336 e. The van der Waals surface area contributed by atoms with Crippen LogP contribution in [-0.2, 0) is 0 Å². The Balaban J connectivity index is 2.13. The van der Waals surface area contributed by atoms with Crippen LogP contribution in [0.2, 0.25) is 0 Å². The molecule has 1 aliphatic heterocycles. The van der Waals surface area contributed by atoms with Gasteiger partial charge in [0.15, 0.2) is 0 Å². The fourth-order valence-electron chi connectivity index (χ4n) is 3.14. The monoisotopic (exact) mass is 284 g/mol. The molecule has 0 aliphatic carbocycles. The molecular weight excluding hydrogens is 264 g/mol. The third kappa shape index (κ3) is 2.46. The highest BCUT2D eigenvalue weighted by molar-refractivity contribution is 6.03. The van der Waals surface area contributed by atoms with Crippen molar-refractivity contribution in [2.75, 3.05) is 11.4 Å². The number of aromatic nitrogens is 1. The third-order valence-electron chi connectivity index (χ3n) is 4.60. The van der Waals surface area contributed by atoms with Crippen molar-refractivity contribution < 1.29 is 9.90 Å². The summed E-state index contributed by atoms with van der Waals surface area (Å²) in [4.78, 5) is 18.5. The third-order valence-corrected chi connectivity index (χ3v) is 4.60. The van der Waals surface area contributed by atoms with Crippen LogP contribution in [0.3, 0.4) is 0 Å². The minimum Gasteiger partial charge on any atom is -0.478 e. The molecule has 1 aromatic carbocycles. The summed E-state index contributed by atoms with van der Waals surface area (Å²) in [7, 11) is 0. The van der Waals surface area contributed by atoms with Crippen molar-refractivity contribution in [3.63, 3.8) is 0 Å². The van der Waals surface area contributed by atoms with Gasteiger partial charge in [0.25, 0.3) is 0 Å². The van der Waals surface area contributed by atoms with Gasteiger partial charge >= 0.3 is 5.97 Å². The van der Waals surface area contributed by atoms with Crippen LogP contribution in [0.1, 0.15) is 37.0 Å². The fraction of sp³-hybridized carbons (Fsp3) is 0.412. The lowest BCUT2D eigenvalue weighted by molar-refractivity contribution is 0.0699. The van der Waals surface area contributed by atoms with Crippen LogP contribution in [0.15, 0.2) is 30.3 Å². The maximum absolute atomic E-state index is 11.5. The number of carbonyl (C=O) groups is 1. The molecule has 110 valence electrons. The highest BCUT2D eigenvalue weighted by atomic mass is 16.4. The van der Waals surface area contributed by atoms with E-state index in [9.17, 15) is 9.90 Å². The van der Waals surface area contributed by atoms with Gasteiger partial charge in [0, 0.05) is 18.0 Å². The van der Waals surface area contributed by atoms with Crippen molar-refractivity contribution >= 4 is 22.7 Å². The predicted molar refractivity (Wildman–Crippen MR) is 83.9 cm³/mol. The van der Waals surface area contributed by atoms with E-state index in [1.807, 2.05) is 24.3 Å². The molecule has 1 N–H and O–H groups in total. The van der Waals surface area contributed by atoms with E-state index in [0.717, 1.165) is 24.3 Å². The molecule has 0 amide bonds. The molecule has 0 spiro atoms. The van der Waals surface area contributed by atoms with E-state index in [1.54, 1.807) is 6.07 Å². The summed E-state index contributed by atoms with van der Waals surface area (Å²) in [5.41, 5.74) is 1.08. The molecule has 4 heteroatoms. The van der Waals surface area contributed by atoms with Crippen molar-refractivity contribution in [3.05, 3.63) is 35.9 Å². The zero-order valence-corrected chi connectivity index (χ0v) is 12.4. The number of nitrogens with zero attached hydrogens (tertiary/aromatic N) is 2. The van der Waals surface area contributed by atoms with Crippen molar-refractivity contribution in [1.29, 1.82) is 0 Å². The number of anilines is 1. The average Bonchev–Trinajstić information content (AvgIpc) is 2.48. The summed E-state index contributed by atoms with van der Waals surface area (Å²) in [5, 5.41) is 10.2. The van der Waals surface area contributed by atoms with Gasteiger partial charge in [-0.1, -0.05) is 25.1 Å². The van der Waals surface area contributed by atoms with Crippen LogP contribution in [0.25, 0.3) is 10.9 Å². The van der Waals surface area contributed by atoms with Gasteiger partial charge < -0.3 is 10.0 Å². The van der Waals surface area contributed by atoms with Crippen molar-refractivity contribution in [1.82, 2.24) is 4.98 Å². The van der Waals surface area contributed by atoms with E-state index in [1.165, 1.54) is 6.42 Å². The molecule has 4 nitrogen and oxygen atoms in total. The Kier molecular flexibility index (Phi) is 3.53. The molecule has 1 saturated heterocycles. The molecule has 2 aromatic rings. The standard InChI is InChI=1S/C17H20N2O2/c1-11-6-5-9-19(12(11)2)16-10-14(17(20)21)13-7-3-4-8-15(13)18-16/h3-4,7-8,10-12H,5-6,9H2,1-2H3,(H,20,21). The van der Waals surface area contributed by atoms with Gasteiger partial charge in [0.1, 0.15) is 5.82 Å². The average molecular weight is 284 g/mol. The second-order valence-corrected chi connectivity index (χ2v) is 5.90. The van der Waals surface area contributed by atoms with Crippen molar-refractivity contribution in [2.45, 2.75) is 32.7 Å². The summed E-state index contributed by atoms with van der Waals surface area (Å²) in [6.45, 7) is 5.38. The number of rotatable bonds is 2. The topological polar surface area (TPSA) is 53.4 Å². The van der Waals surface area contributed by atoms with Crippen LogP contribution in [0, 0.1) is 5.92 Å². The van der Waals surface area contributed by atoms with E-state index in [2.05, 4.69) is 23.7 Å². The second-order valence-electron chi connectivity index (χ2n) is 5.90. The fourth-order valence-corrected chi connectivity index (χ4v) is 3.14. The summed E-state index contributed by atoms with van der Waals surface area (Å²) < 4.78 is 0. The Morgan fingerprint density at radius 2 is 2.10 bits per heavy atom. The maximum Gasteiger partial charge on any atom is 0.336 e. The van der Waals surface area contributed by atoms with Gasteiger partial charge in [-0.2, -0.15) is 0 Å². The lowest BCUT2D eigenvalue weighted by Crippen LogP contribution is -2.43. The van der Waals surface area contributed by atoms with E-state index >= 15 is 0 Å². The minimum absolute atomic E-state index is 0.334. The Hall–Kier alpha value is -2.10. The van der Waals surface area contributed by atoms with Crippen LogP contribution in [0.5, 0.6) is 0 Å². The first-order chi connectivity index (χ1) is 10.1. The Labute approximate surface area is 124 Å². The highest BCUT2D eigenvalue weighted by Gasteiger charge is 2.26. The molecule has 1 fully saturated rings. The number of aromatic carboxylic acids is 1. The van der Waals surface area contributed by atoms with Crippen LogP contribution < -0.4 is 4.90 Å². The number of benzene rings is 1. The lowest BCUT2D eigenvalue weighted by Gasteiger charge is -2.39. The van der Waals surface area contributed by atoms with Gasteiger partial charge in [0.05, 0.1) is 11.1 Å². The zero-order chi connectivity index (χ0) is 15.0. The van der Waals surface area contributed by atoms with Gasteiger partial charge in [-0.3, -0.25) is 0 Å². The van der Waals surface area contributed by atoms with Crippen LogP contribution >= 0.6 is 0 Å². The second kappa shape index (κ2) is 5.35. The van der Waals surface area contributed by atoms with E-state index in [0.29, 0.717) is 22.9 Å². The van der Waals surface area contributed by atoms with Gasteiger partial charge in [0.2, 0.25) is 0 Å². The van der Waals surface area contributed by atoms with Gasteiger partial charge in [-0.25, -0.2) is 9.78 Å². The number of carboxylic acids is 1. The number of fused-ring (bicyclic) bond motifs is 1. The molecule has 2 heterocycles. The first-order valence-corrected chi connectivity index (χ1v) is 7.47. The van der Waals surface area contributed by atoms with E-state index in [-0.39, 0.29) is 0 Å². The zero-order valence-electron chi connectivity index (χ0n) is 12.4. The number of carboxylic acid groups (broad SMARTS) is 1. The molecule has 3 rings (SSSR count). The predicted octanol–water partition coefficient (Wildman–Crippen LogP) is 3.56. The van der Waals surface area contributed by atoms with E-state index in [4.69, 9.17) is 0 Å². The summed E-state index contributed by atoms with van der Waals surface area (Å²) in [6.07, 6.45) is 2.35. The summed E-state index contributed by atoms with van der Waals surface area (Å²) >= 11 is 0. The Morgan fingerprint density at radius 1 is 1.33 bits per heavy atom. The van der Waals surface area contributed by atoms with Gasteiger partial charge in [-0.05, 0) is 37.8 Å². The number of pyridine rings is 1. The highest BCUT2D eigenvalue weighted by Crippen LogP contribution is 2.30. The van der Waals surface area contributed by atoms with Crippen LogP contribution in [-0.4, -0.2) is 28.6 Å². The Morgan fingerprint density at radius 3 is 2.86 bits per heavy atom. The summed E-state index contributed by atoms with van der Waals surface area (Å²) in [5.74, 6) is 0.484. The maximum atomic E-state index is 11.5. The first-order valence-electron chi connectivity index (χ1n) is 7.47. The van der Waals surface area contributed by atoms with Crippen molar-refractivity contribution in [2.24, 2.45) is 5.92 Å². The molecule has 1 aromatic heterocycles. The minimum atomic E-state index is -0.896. The summed E-state index contributed by atoms with van der Waals surface area (Å²) in [6, 6.07) is 9.55. The molecule has 2 unspecified atom stereocenters.